The molecule has 0 spiro atoms. The molecule has 2 aromatic rings. The Hall–Kier alpha value is -0.940. The van der Waals surface area contributed by atoms with Crippen molar-refractivity contribution in [2.75, 3.05) is 0 Å². The summed E-state index contributed by atoms with van der Waals surface area (Å²) in [5.41, 5.74) is 0. The van der Waals surface area contributed by atoms with E-state index in [1.165, 1.54) is 6.07 Å². The summed E-state index contributed by atoms with van der Waals surface area (Å²) in [4.78, 5) is -0.332. The van der Waals surface area contributed by atoms with Crippen LogP contribution >= 0.6 is 15.9 Å². The molecule has 0 radical (unpaired) electrons. The zero-order chi connectivity index (χ0) is 11.1. The molecule has 0 aromatic heterocycles. The van der Waals surface area contributed by atoms with Gasteiger partial charge in [-0.05, 0) is 32.8 Å². The number of rotatable bonds is 1. The lowest BCUT2D eigenvalue weighted by atomic mass is 10.1. The summed E-state index contributed by atoms with van der Waals surface area (Å²) in [5.74, 6) is 0. The summed E-state index contributed by atoms with van der Waals surface area (Å²) in [7, 11) is -4.67. The average Bonchev–Trinajstić information content (AvgIpc) is 2.16. The lowest BCUT2D eigenvalue weighted by Gasteiger charge is -2.03. The van der Waals surface area contributed by atoms with Crippen molar-refractivity contribution in [3.8, 4) is 0 Å². The SMILES string of the molecule is O=S(=O)(F)c1ccc2ccccc2c1Br. The van der Waals surface area contributed by atoms with Gasteiger partial charge >= 0.3 is 10.2 Å². The topological polar surface area (TPSA) is 34.1 Å². The van der Waals surface area contributed by atoms with E-state index >= 15 is 0 Å². The van der Waals surface area contributed by atoms with Crippen molar-refractivity contribution >= 4 is 36.9 Å². The highest BCUT2D eigenvalue weighted by Crippen LogP contribution is 2.31. The van der Waals surface area contributed by atoms with Crippen molar-refractivity contribution in [3.05, 3.63) is 40.9 Å². The van der Waals surface area contributed by atoms with Crippen molar-refractivity contribution in [3.63, 3.8) is 0 Å². The maximum atomic E-state index is 12.9. The Balaban J connectivity index is 2.88. The van der Waals surface area contributed by atoms with E-state index in [1.54, 1.807) is 18.2 Å². The molecule has 0 fully saturated rings. The molecule has 0 atom stereocenters. The second-order valence-corrected chi connectivity index (χ2v) is 5.15. The molecular formula is C10H6BrFO2S. The van der Waals surface area contributed by atoms with E-state index in [0.717, 1.165) is 5.39 Å². The van der Waals surface area contributed by atoms with Crippen LogP contribution in [0, 0.1) is 0 Å². The standard InChI is InChI=1S/C10H6BrFO2S/c11-10-8-4-2-1-3-7(8)5-6-9(10)15(12,13)14/h1-6H. The van der Waals surface area contributed by atoms with Crippen molar-refractivity contribution in [1.29, 1.82) is 0 Å². The fraction of sp³-hybridized carbons (Fsp3) is 0. The maximum absolute atomic E-state index is 12.9. The largest absolute Gasteiger partial charge is 0.333 e. The maximum Gasteiger partial charge on any atom is 0.333 e. The van der Waals surface area contributed by atoms with Crippen molar-refractivity contribution in [2.24, 2.45) is 0 Å². The van der Waals surface area contributed by atoms with E-state index in [9.17, 15) is 12.3 Å². The molecular weight excluding hydrogens is 283 g/mol. The van der Waals surface area contributed by atoms with Gasteiger partial charge in [0.2, 0.25) is 0 Å². The lowest BCUT2D eigenvalue weighted by molar-refractivity contribution is 0.551. The highest BCUT2D eigenvalue weighted by molar-refractivity contribution is 9.10. The highest BCUT2D eigenvalue weighted by atomic mass is 79.9. The molecule has 0 bridgehead atoms. The Morgan fingerprint density at radius 1 is 1.07 bits per heavy atom. The average molecular weight is 289 g/mol. The molecule has 78 valence electrons. The Morgan fingerprint density at radius 2 is 1.73 bits per heavy atom. The molecule has 0 N–H and O–H groups in total. The van der Waals surface area contributed by atoms with Gasteiger partial charge in [-0.15, -0.1) is 3.89 Å². The van der Waals surface area contributed by atoms with Gasteiger partial charge in [-0.25, -0.2) is 0 Å². The van der Waals surface area contributed by atoms with E-state index in [1.807, 2.05) is 12.1 Å². The van der Waals surface area contributed by atoms with Crippen LogP contribution in [0.5, 0.6) is 0 Å². The lowest BCUT2D eigenvalue weighted by Crippen LogP contribution is -1.93. The molecule has 0 amide bonds. The summed E-state index contributed by atoms with van der Waals surface area (Å²) < 4.78 is 34.7. The van der Waals surface area contributed by atoms with Gasteiger partial charge in [0.15, 0.2) is 0 Å². The van der Waals surface area contributed by atoms with Gasteiger partial charge in [-0.1, -0.05) is 30.3 Å². The van der Waals surface area contributed by atoms with E-state index in [2.05, 4.69) is 15.9 Å². The Bertz CT molecular complexity index is 622. The normalized spacial score (nSPS) is 11.9. The smallest absolute Gasteiger partial charge is 0.189 e. The first-order valence-corrected chi connectivity index (χ1v) is 6.30. The van der Waals surface area contributed by atoms with Gasteiger partial charge in [0.05, 0.1) is 0 Å². The van der Waals surface area contributed by atoms with Crippen LogP contribution in [0.3, 0.4) is 0 Å². The first-order valence-electron chi connectivity index (χ1n) is 4.12. The van der Waals surface area contributed by atoms with Crippen LogP contribution in [0.1, 0.15) is 0 Å². The van der Waals surface area contributed by atoms with E-state index in [0.29, 0.717) is 5.39 Å². The van der Waals surface area contributed by atoms with Crippen LogP contribution < -0.4 is 0 Å². The summed E-state index contributed by atoms with van der Waals surface area (Å²) in [5, 5.41) is 1.54. The number of hydrogen-bond acceptors (Lipinski definition) is 2. The minimum absolute atomic E-state index is 0.267. The summed E-state index contributed by atoms with van der Waals surface area (Å²) >= 11 is 3.10. The molecule has 5 heteroatoms. The molecule has 2 aromatic carbocycles. The van der Waals surface area contributed by atoms with Gasteiger partial charge in [-0.3, -0.25) is 0 Å². The number of hydrogen-bond donors (Lipinski definition) is 0. The minimum atomic E-state index is -4.67. The molecule has 0 heterocycles. The fourth-order valence-electron chi connectivity index (χ4n) is 1.40. The zero-order valence-corrected chi connectivity index (χ0v) is 9.85. The Morgan fingerprint density at radius 3 is 2.40 bits per heavy atom. The molecule has 2 nitrogen and oxygen atoms in total. The molecule has 0 unspecified atom stereocenters. The third-order valence-electron chi connectivity index (χ3n) is 2.09. The predicted octanol–water partition coefficient (Wildman–Crippen LogP) is 3.26. The number of halogens is 2. The van der Waals surface area contributed by atoms with Crippen LogP contribution in [0.2, 0.25) is 0 Å². The molecule has 0 aliphatic heterocycles. The van der Waals surface area contributed by atoms with Gasteiger partial charge < -0.3 is 0 Å². The Kier molecular flexibility index (Phi) is 2.52. The van der Waals surface area contributed by atoms with Crippen LogP contribution in [0.4, 0.5) is 3.89 Å². The van der Waals surface area contributed by atoms with Crippen LogP contribution in [0.15, 0.2) is 45.8 Å². The number of fused-ring (bicyclic) bond motifs is 1. The molecule has 15 heavy (non-hydrogen) atoms. The first-order chi connectivity index (χ1) is 7.00. The summed E-state index contributed by atoms with van der Waals surface area (Å²) in [6.45, 7) is 0. The van der Waals surface area contributed by atoms with E-state index in [4.69, 9.17) is 0 Å². The monoisotopic (exact) mass is 288 g/mol. The number of benzene rings is 2. The quantitative estimate of drug-likeness (QED) is 0.755. The molecule has 2 rings (SSSR count). The van der Waals surface area contributed by atoms with E-state index < -0.39 is 10.2 Å². The molecule has 0 saturated carbocycles. The van der Waals surface area contributed by atoms with Crippen LogP contribution in [0.25, 0.3) is 10.8 Å². The molecule has 0 aliphatic carbocycles. The second kappa shape index (κ2) is 3.57. The van der Waals surface area contributed by atoms with Gasteiger partial charge in [-0.2, -0.15) is 8.42 Å². The summed E-state index contributed by atoms with van der Waals surface area (Å²) in [6, 6.07) is 9.98. The predicted molar refractivity (Wildman–Crippen MR) is 59.9 cm³/mol. The Labute approximate surface area is 95.1 Å². The molecule has 0 saturated heterocycles. The third kappa shape index (κ3) is 1.89. The molecule has 0 aliphatic rings. The van der Waals surface area contributed by atoms with Crippen molar-refractivity contribution < 1.29 is 12.3 Å². The van der Waals surface area contributed by atoms with Gasteiger partial charge in [0.25, 0.3) is 0 Å². The van der Waals surface area contributed by atoms with E-state index in [-0.39, 0.29) is 9.37 Å². The van der Waals surface area contributed by atoms with Gasteiger partial charge in [0.1, 0.15) is 4.90 Å². The van der Waals surface area contributed by atoms with Crippen molar-refractivity contribution in [1.82, 2.24) is 0 Å². The second-order valence-electron chi connectivity index (χ2n) is 3.04. The minimum Gasteiger partial charge on any atom is -0.189 e. The van der Waals surface area contributed by atoms with Crippen molar-refractivity contribution in [2.45, 2.75) is 4.90 Å². The highest BCUT2D eigenvalue weighted by Gasteiger charge is 2.17. The third-order valence-corrected chi connectivity index (χ3v) is 4.07. The van der Waals surface area contributed by atoms with Crippen LogP contribution in [-0.4, -0.2) is 8.42 Å². The summed E-state index contributed by atoms with van der Waals surface area (Å²) in [6.07, 6.45) is 0. The first kappa shape index (κ1) is 10.6. The van der Waals surface area contributed by atoms with Crippen LogP contribution in [-0.2, 0) is 10.2 Å². The zero-order valence-electron chi connectivity index (χ0n) is 7.44. The van der Waals surface area contributed by atoms with Gasteiger partial charge in [0, 0.05) is 4.47 Å². The fourth-order valence-corrected chi connectivity index (χ4v) is 3.03.